The zero-order valence-electron chi connectivity index (χ0n) is 11.9. The van der Waals surface area contributed by atoms with Crippen LogP contribution in [-0.4, -0.2) is 28.5 Å². The fourth-order valence-electron chi connectivity index (χ4n) is 1.80. The number of nitrogens with one attached hydrogen (secondary N) is 1. The van der Waals surface area contributed by atoms with E-state index in [-0.39, 0.29) is 12.3 Å². The maximum absolute atomic E-state index is 11.5. The van der Waals surface area contributed by atoms with Gasteiger partial charge in [-0.2, -0.15) is 0 Å². The summed E-state index contributed by atoms with van der Waals surface area (Å²) in [6.45, 7) is 2.67. The molecule has 20 heavy (non-hydrogen) atoms. The van der Waals surface area contributed by atoms with Gasteiger partial charge in [-0.3, -0.25) is 9.59 Å². The van der Waals surface area contributed by atoms with E-state index in [1.165, 1.54) is 0 Å². The molecule has 1 aromatic heterocycles. The number of nitrogens with zero attached hydrogens (tertiary/aromatic N) is 1. The SMILES string of the molecule is Cc1csc(CCCCNC(=O)CCCCC(=O)O)n1. The number of amides is 1. The smallest absolute Gasteiger partial charge is 0.303 e. The van der Waals surface area contributed by atoms with E-state index in [4.69, 9.17) is 5.11 Å². The number of rotatable bonds is 10. The molecule has 6 heteroatoms. The van der Waals surface area contributed by atoms with E-state index in [0.717, 1.165) is 30.0 Å². The molecule has 2 N–H and O–H groups in total. The van der Waals surface area contributed by atoms with Gasteiger partial charge in [0.2, 0.25) is 5.91 Å². The minimum Gasteiger partial charge on any atom is -0.481 e. The number of carbonyl (C=O) groups excluding carboxylic acids is 1. The third-order valence-corrected chi connectivity index (χ3v) is 3.88. The first kappa shape index (κ1) is 16.6. The summed E-state index contributed by atoms with van der Waals surface area (Å²) in [7, 11) is 0. The van der Waals surface area contributed by atoms with Crippen molar-refractivity contribution in [1.29, 1.82) is 0 Å². The highest BCUT2D eigenvalue weighted by Crippen LogP contribution is 2.11. The van der Waals surface area contributed by atoms with Gasteiger partial charge in [0.15, 0.2) is 0 Å². The van der Waals surface area contributed by atoms with Crippen molar-refractivity contribution in [2.24, 2.45) is 0 Å². The summed E-state index contributed by atoms with van der Waals surface area (Å²) >= 11 is 1.68. The van der Waals surface area contributed by atoms with Gasteiger partial charge >= 0.3 is 5.97 Å². The fourth-order valence-corrected chi connectivity index (χ4v) is 2.61. The zero-order valence-corrected chi connectivity index (χ0v) is 12.7. The molecule has 1 heterocycles. The number of hydrogen-bond acceptors (Lipinski definition) is 4. The monoisotopic (exact) mass is 298 g/mol. The van der Waals surface area contributed by atoms with Gasteiger partial charge in [-0.05, 0) is 39.0 Å². The highest BCUT2D eigenvalue weighted by Gasteiger charge is 2.03. The summed E-state index contributed by atoms with van der Waals surface area (Å²) in [6.07, 6.45) is 4.68. The lowest BCUT2D eigenvalue weighted by molar-refractivity contribution is -0.137. The Bertz CT molecular complexity index is 432. The second kappa shape index (κ2) is 9.47. The predicted octanol–water partition coefficient (Wildman–Crippen LogP) is 2.54. The lowest BCUT2D eigenvalue weighted by Crippen LogP contribution is -2.24. The summed E-state index contributed by atoms with van der Waals surface area (Å²) in [5.41, 5.74) is 1.07. The molecule has 0 aliphatic rings. The molecule has 0 saturated carbocycles. The van der Waals surface area contributed by atoms with Gasteiger partial charge in [-0.15, -0.1) is 11.3 Å². The van der Waals surface area contributed by atoms with Gasteiger partial charge in [-0.1, -0.05) is 0 Å². The Balaban J connectivity index is 1.95. The van der Waals surface area contributed by atoms with E-state index < -0.39 is 5.97 Å². The minimum atomic E-state index is -0.803. The number of hydrogen-bond donors (Lipinski definition) is 2. The topological polar surface area (TPSA) is 79.3 Å². The highest BCUT2D eigenvalue weighted by atomic mass is 32.1. The van der Waals surface area contributed by atoms with Crippen LogP contribution in [0.1, 0.15) is 49.2 Å². The molecule has 0 unspecified atom stereocenters. The van der Waals surface area contributed by atoms with Crippen LogP contribution in [0.15, 0.2) is 5.38 Å². The van der Waals surface area contributed by atoms with Crippen molar-refractivity contribution in [2.75, 3.05) is 6.54 Å². The second-order valence-electron chi connectivity index (χ2n) is 4.79. The Morgan fingerprint density at radius 1 is 1.25 bits per heavy atom. The first-order valence-electron chi connectivity index (χ1n) is 6.97. The summed E-state index contributed by atoms with van der Waals surface area (Å²) in [5.74, 6) is -0.789. The van der Waals surface area contributed by atoms with E-state index in [1.54, 1.807) is 11.3 Å². The molecule has 0 aliphatic carbocycles. The minimum absolute atomic E-state index is 0.0143. The van der Waals surface area contributed by atoms with Crippen molar-refractivity contribution in [2.45, 2.75) is 51.9 Å². The first-order chi connectivity index (χ1) is 9.58. The Morgan fingerprint density at radius 3 is 2.65 bits per heavy atom. The van der Waals surface area contributed by atoms with Crippen molar-refractivity contribution in [3.05, 3.63) is 16.1 Å². The van der Waals surface area contributed by atoms with Crippen LogP contribution in [0.25, 0.3) is 0 Å². The van der Waals surface area contributed by atoms with Gasteiger partial charge in [0, 0.05) is 30.5 Å². The molecule has 0 atom stereocenters. The number of aromatic nitrogens is 1. The zero-order chi connectivity index (χ0) is 14.8. The predicted molar refractivity (Wildman–Crippen MR) is 78.9 cm³/mol. The molecule has 0 spiro atoms. The molecular formula is C14H22N2O3S. The second-order valence-corrected chi connectivity index (χ2v) is 5.73. The van der Waals surface area contributed by atoms with Crippen LogP contribution in [0, 0.1) is 6.92 Å². The molecular weight excluding hydrogens is 276 g/mol. The van der Waals surface area contributed by atoms with Crippen LogP contribution in [0.4, 0.5) is 0 Å². The van der Waals surface area contributed by atoms with Gasteiger partial charge in [0.05, 0.1) is 5.01 Å². The fraction of sp³-hybridized carbons (Fsp3) is 0.643. The van der Waals surface area contributed by atoms with Crippen LogP contribution in [0.5, 0.6) is 0 Å². The van der Waals surface area contributed by atoms with Gasteiger partial charge in [0.25, 0.3) is 0 Å². The number of carboxylic acids is 1. The number of thiazole rings is 1. The van der Waals surface area contributed by atoms with E-state index >= 15 is 0 Å². The third kappa shape index (κ3) is 7.89. The summed E-state index contributed by atoms with van der Waals surface area (Å²) in [5, 5.41) is 14.5. The number of carbonyl (C=O) groups is 2. The largest absolute Gasteiger partial charge is 0.481 e. The maximum atomic E-state index is 11.5. The van der Waals surface area contributed by atoms with Crippen LogP contribution < -0.4 is 5.32 Å². The van der Waals surface area contributed by atoms with E-state index in [1.807, 2.05) is 12.3 Å². The van der Waals surface area contributed by atoms with Crippen LogP contribution in [0.3, 0.4) is 0 Å². The molecule has 1 aromatic rings. The molecule has 5 nitrogen and oxygen atoms in total. The molecule has 112 valence electrons. The van der Waals surface area contributed by atoms with Gasteiger partial charge in [0.1, 0.15) is 0 Å². The van der Waals surface area contributed by atoms with E-state index in [0.29, 0.717) is 25.8 Å². The molecule has 0 aromatic carbocycles. The van der Waals surface area contributed by atoms with Crippen molar-refractivity contribution < 1.29 is 14.7 Å². The van der Waals surface area contributed by atoms with Crippen LogP contribution >= 0.6 is 11.3 Å². The molecule has 0 radical (unpaired) electrons. The molecule has 0 aliphatic heterocycles. The summed E-state index contributed by atoms with van der Waals surface area (Å²) < 4.78 is 0. The Morgan fingerprint density at radius 2 is 2.00 bits per heavy atom. The van der Waals surface area contributed by atoms with E-state index in [9.17, 15) is 9.59 Å². The Labute approximate surface area is 123 Å². The average Bonchev–Trinajstić information content (AvgIpc) is 2.80. The lowest BCUT2D eigenvalue weighted by Gasteiger charge is -2.04. The summed E-state index contributed by atoms with van der Waals surface area (Å²) in [6, 6.07) is 0. The number of unbranched alkanes of at least 4 members (excludes halogenated alkanes) is 2. The molecule has 0 fully saturated rings. The molecule has 0 bridgehead atoms. The lowest BCUT2D eigenvalue weighted by atomic mass is 10.2. The number of carboxylic acid groups (broad SMARTS) is 1. The highest BCUT2D eigenvalue weighted by molar-refractivity contribution is 7.09. The Kier molecular flexibility index (Phi) is 7.87. The third-order valence-electron chi connectivity index (χ3n) is 2.85. The van der Waals surface area contributed by atoms with Crippen LogP contribution in [-0.2, 0) is 16.0 Å². The quantitative estimate of drug-likeness (QED) is 0.651. The van der Waals surface area contributed by atoms with E-state index in [2.05, 4.69) is 10.3 Å². The van der Waals surface area contributed by atoms with Gasteiger partial charge in [-0.25, -0.2) is 4.98 Å². The summed E-state index contributed by atoms with van der Waals surface area (Å²) in [4.78, 5) is 26.1. The van der Waals surface area contributed by atoms with Crippen molar-refractivity contribution in [1.82, 2.24) is 10.3 Å². The van der Waals surface area contributed by atoms with Gasteiger partial charge < -0.3 is 10.4 Å². The first-order valence-corrected chi connectivity index (χ1v) is 7.85. The number of aryl methyl sites for hydroxylation is 2. The Hall–Kier alpha value is -1.43. The standard InChI is InChI=1S/C14H22N2O3S/c1-11-10-20-13(16-11)7-4-5-9-15-12(17)6-2-3-8-14(18)19/h10H,2-9H2,1H3,(H,15,17)(H,18,19). The van der Waals surface area contributed by atoms with Crippen molar-refractivity contribution in [3.63, 3.8) is 0 Å². The van der Waals surface area contributed by atoms with Crippen LogP contribution in [0.2, 0.25) is 0 Å². The number of aliphatic carboxylic acids is 1. The molecule has 0 saturated heterocycles. The molecule has 1 rings (SSSR count). The molecule has 1 amide bonds. The average molecular weight is 298 g/mol. The normalized spacial score (nSPS) is 10.4. The van der Waals surface area contributed by atoms with Crippen molar-refractivity contribution in [3.8, 4) is 0 Å². The van der Waals surface area contributed by atoms with Crippen molar-refractivity contribution >= 4 is 23.2 Å². The maximum Gasteiger partial charge on any atom is 0.303 e.